The highest BCUT2D eigenvalue weighted by Crippen LogP contribution is 2.30. The summed E-state index contributed by atoms with van der Waals surface area (Å²) in [6.07, 6.45) is -16.4. The number of carboxylic acids is 1. The predicted octanol–water partition coefficient (Wildman–Crippen LogP) is -9.37. The average molecular weight is 1720 g/mol. The van der Waals surface area contributed by atoms with Gasteiger partial charge in [0.25, 0.3) is 5.91 Å². The Bertz CT molecular complexity index is 4200. The highest BCUT2D eigenvalue weighted by molar-refractivity contribution is 9.10. The molecule has 0 spiro atoms. The van der Waals surface area contributed by atoms with Crippen LogP contribution < -0.4 is 75.3 Å². The number of rotatable bonds is 17. The third-order valence-electron chi connectivity index (χ3n) is 19.4. The molecular formula is C75H99BrN16O26. The Kier molecular flexibility index (Phi) is 35.2. The lowest BCUT2D eigenvalue weighted by atomic mass is 9.92. The van der Waals surface area contributed by atoms with Gasteiger partial charge in [-0.2, -0.15) is 0 Å². The van der Waals surface area contributed by atoms with Crippen molar-refractivity contribution in [3.8, 4) is 0 Å². The number of halogens is 1. The topological polar surface area (TPSA) is 670 Å². The van der Waals surface area contributed by atoms with E-state index in [1.165, 1.54) is 43.3 Å². The number of fused-ring (bicyclic) bond motifs is 2. The molecule has 3 aromatic carbocycles. The van der Waals surface area contributed by atoms with E-state index in [1.54, 1.807) is 73.7 Å². The number of benzene rings is 3. The molecule has 0 radical (unpaired) electrons. The number of hydrogen-bond acceptors (Lipinski definition) is 27. The lowest BCUT2D eigenvalue weighted by molar-refractivity contribution is -0.224. The quantitative estimate of drug-likeness (QED) is 0.0558. The molecule has 7 rings (SSSR count). The van der Waals surface area contributed by atoms with E-state index in [0.717, 1.165) is 28.5 Å². The van der Waals surface area contributed by atoms with Gasteiger partial charge in [-0.15, -0.1) is 0 Å². The molecule has 118 heavy (non-hydrogen) atoms. The molecule has 642 valence electrons. The number of carboxylic acid groups (broad SMARTS) is 1. The third kappa shape index (κ3) is 27.1. The Balaban J connectivity index is 1.41. The van der Waals surface area contributed by atoms with Crippen LogP contribution in [0.4, 0.5) is 0 Å². The van der Waals surface area contributed by atoms with Gasteiger partial charge < -0.3 is 141 Å². The van der Waals surface area contributed by atoms with E-state index in [2.05, 4.69) is 74.4 Å². The molecule has 14 amide bonds. The van der Waals surface area contributed by atoms with E-state index in [0.29, 0.717) is 21.2 Å². The fourth-order valence-electron chi connectivity index (χ4n) is 12.9. The number of aliphatic hydroxyl groups is 9. The van der Waals surface area contributed by atoms with Crippen molar-refractivity contribution < 1.29 is 128 Å². The number of nitrogens with two attached hydrogens (primary N) is 2. The largest absolute Gasteiger partial charge is 0.480 e. The molecule has 42 nitrogen and oxygen atoms in total. The van der Waals surface area contributed by atoms with E-state index < -0.39 is 288 Å². The number of nitrogens with zero attached hydrogens (tertiary/aromatic N) is 2. The van der Waals surface area contributed by atoms with Crippen molar-refractivity contribution >= 4 is 111 Å². The number of aliphatic hydroxyl groups excluding tert-OH is 9. The maximum Gasteiger partial charge on any atom is 0.326 e. The predicted molar refractivity (Wildman–Crippen MR) is 413 cm³/mol. The van der Waals surface area contributed by atoms with Crippen molar-refractivity contribution in [1.82, 2.24) is 73.6 Å². The monoisotopic (exact) mass is 1720 g/mol. The number of ether oxygens (including phenoxy) is 1. The molecule has 0 aliphatic carbocycles. The number of carbonyl (C=O) groups excluding carboxylic acids is 14. The number of allylic oxidation sites excluding steroid dienone is 2. The van der Waals surface area contributed by atoms with Crippen LogP contribution in [0.15, 0.2) is 119 Å². The fourth-order valence-corrected chi connectivity index (χ4v) is 13.1. The lowest BCUT2D eigenvalue weighted by Crippen LogP contribution is -2.64. The number of β-amino-alcohol motifs (C(OH)–C–C–N with tert-alkyl or cyclic N) is 1. The molecule has 1 fully saturated rings. The Labute approximate surface area is 682 Å². The number of carbonyl (C=O) groups is 15. The third-order valence-corrected chi connectivity index (χ3v) is 20.0. The standard InChI is InChI=1S/C75H99BrN16O26/c1-35(23-38-11-6-4-7-12-38)17-22-51(96)44-27-56(101)81-49(31-93)68(110)86-48-30-91-29-42(92(34-91)74-62(104)60(102)53(98)33-118-74)25-46(65(107)89-58(37(3)95)72(114)87-50(32-94)69(111)84-45(64(106)83-44)24-39-13-8-5-9-14-39)80-55(100)16-10-15-43(75(116)117)82-70(112)52(97)28-79-71(113)57(36(2)40-18-20-41(76)21-19-40)88-73(115)59(61(103)63(78)105)90-66(108)47(26-54(77)99)85-67(48)109/h4-9,11-14,17-23,29,36-37,43-53,57-62,74,93-98,102-104H,10,15-16,24-28,30-34H2,1-3H3,(H2,77,99)(H2,78,105)(H,79,113)(H,80,100)(H,81,101)(H,82,112)(H,83,106)(H,84,111)(H,85,109)(H,86,110)(H,87,114)(H,88,115)(H,89,107)(H,90,108)(H,116,117). The van der Waals surface area contributed by atoms with Crippen LogP contribution in [0.2, 0.25) is 0 Å². The van der Waals surface area contributed by atoms with Gasteiger partial charge in [0, 0.05) is 54.5 Å². The number of amides is 14. The first-order valence-electron chi connectivity index (χ1n) is 37.3. The maximum atomic E-state index is 15.3. The minimum Gasteiger partial charge on any atom is -0.480 e. The smallest absolute Gasteiger partial charge is 0.326 e. The van der Waals surface area contributed by atoms with Crippen LogP contribution >= 0.6 is 15.9 Å². The SMILES string of the molecule is CC(C=CC(O)C1CC(=O)NC(CO)C(=O)NC2CN3C=C(CC(NC(=O)CCCC(C(=O)O)NC(=O)C(O)CNC(=O)C(C(C)c4ccc(Br)cc4)NC(=O)C(C(O)C(N)=O)NC(=O)C(CC(N)=O)NC2=O)C(=O)NC(C(C)O)C(=O)NC(CO)C(=O)NC(Cc2ccccc2)C(=O)N1)N(C1OCC(O)C(O)C1O)C3)=Cc1ccccc1. The van der Waals surface area contributed by atoms with Gasteiger partial charge in [-0.05, 0) is 55.5 Å². The van der Waals surface area contributed by atoms with Crippen molar-refractivity contribution in [3.63, 3.8) is 0 Å². The summed E-state index contributed by atoms with van der Waals surface area (Å²) >= 11 is 3.29. The van der Waals surface area contributed by atoms with Crippen LogP contribution in [0.1, 0.15) is 81.9 Å². The van der Waals surface area contributed by atoms with Gasteiger partial charge in [-0.1, -0.05) is 119 Å². The van der Waals surface area contributed by atoms with Gasteiger partial charge in [0.1, 0.15) is 84.8 Å². The Morgan fingerprint density at radius 2 is 1.19 bits per heavy atom. The van der Waals surface area contributed by atoms with Crippen LogP contribution in [-0.4, -0.2) is 305 Å². The van der Waals surface area contributed by atoms with Crippen LogP contribution in [0.25, 0.3) is 6.08 Å². The number of primary amides is 2. The minimum atomic E-state index is -2.74. The molecule has 0 aromatic heterocycles. The summed E-state index contributed by atoms with van der Waals surface area (Å²) in [5.41, 5.74) is 12.8. The van der Waals surface area contributed by atoms with Crippen LogP contribution in [0.3, 0.4) is 0 Å². The van der Waals surface area contributed by atoms with Crippen LogP contribution in [0.5, 0.6) is 0 Å². The molecule has 4 heterocycles. The maximum absolute atomic E-state index is 15.3. The molecule has 4 aliphatic rings. The molecular weight excluding hydrogens is 1620 g/mol. The normalized spacial score (nSPS) is 28.6. The summed E-state index contributed by atoms with van der Waals surface area (Å²) < 4.78 is 6.38. The second-order valence-corrected chi connectivity index (χ2v) is 29.5. The second-order valence-electron chi connectivity index (χ2n) is 28.6. The first kappa shape index (κ1) is 93.8. The van der Waals surface area contributed by atoms with E-state index >= 15 is 9.59 Å². The van der Waals surface area contributed by atoms with Gasteiger partial charge in [0.15, 0.2) is 12.3 Å². The Morgan fingerprint density at radius 3 is 1.81 bits per heavy atom. The Morgan fingerprint density at radius 1 is 0.610 bits per heavy atom. The van der Waals surface area contributed by atoms with Gasteiger partial charge in [0.05, 0.1) is 57.7 Å². The second kappa shape index (κ2) is 44.3. The molecule has 1 saturated heterocycles. The number of nitrogens with one attached hydrogen (secondary N) is 12. The number of aliphatic carboxylic acids is 1. The molecule has 0 saturated carbocycles. The molecule has 3 aromatic rings. The lowest BCUT2D eigenvalue weighted by Gasteiger charge is -2.42. The summed E-state index contributed by atoms with van der Waals surface area (Å²) in [5, 5.41) is 139. The Hall–Kier alpha value is -11.4. The van der Waals surface area contributed by atoms with Crippen molar-refractivity contribution in [3.05, 3.63) is 136 Å². The van der Waals surface area contributed by atoms with Crippen molar-refractivity contribution in [1.29, 1.82) is 0 Å². The van der Waals surface area contributed by atoms with Gasteiger partial charge in [0.2, 0.25) is 76.8 Å². The van der Waals surface area contributed by atoms with E-state index in [1.807, 2.05) is 5.32 Å². The van der Waals surface area contributed by atoms with Gasteiger partial charge in [-0.3, -0.25) is 67.1 Å². The summed E-state index contributed by atoms with van der Waals surface area (Å²) in [6, 6.07) is -0.0996. The zero-order valence-electron chi connectivity index (χ0n) is 64.1. The van der Waals surface area contributed by atoms with Crippen molar-refractivity contribution in [2.24, 2.45) is 11.5 Å². The molecule has 20 atom stereocenters. The zero-order chi connectivity index (χ0) is 86.9. The molecule has 20 unspecified atom stereocenters. The van der Waals surface area contributed by atoms with E-state index in [-0.39, 0.29) is 12.1 Å². The van der Waals surface area contributed by atoms with Crippen LogP contribution in [-0.2, 0) is 83.1 Å². The first-order chi connectivity index (χ1) is 55.9. The summed E-state index contributed by atoms with van der Waals surface area (Å²) in [6.45, 7) is -1.95. The number of hydrogen-bond donors (Lipinski definition) is 24. The van der Waals surface area contributed by atoms with E-state index in [4.69, 9.17) is 16.2 Å². The zero-order valence-corrected chi connectivity index (χ0v) is 65.6. The van der Waals surface area contributed by atoms with Crippen LogP contribution in [0, 0.1) is 0 Å². The first-order valence-corrected chi connectivity index (χ1v) is 38.1. The van der Waals surface area contributed by atoms with Crippen molar-refractivity contribution in [2.75, 3.05) is 39.6 Å². The fraction of sp³-hybridized carbons (Fsp3) is 0.480. The molecule has 4 bridgehead atoms. The highest BCUT2D eigenvalue weighted by Gasteiger charge is 2.47. The summed E-state index contributed by atoms with van der Waals surface area (Å²) in [4.78, 5) is 216. The average Bonchev–Trinajstić information content (AvgIpc) is 1.61. The van der Waals surface area contributed by atoms with Crippen molar-refractivity contribution in [2.45, 2.75) is 187 Å². The highest BCUT2D eigenvalue weighted by atomic mass is 79.9. The molecule has 43 heteroatoms. The molecule has 4 aliphatic heterocycles. The summed E-state index contributed by atoms with van der Waals surface area (Å²) in [5.74, 6) is -22.4. The van der Waals surface area contributed by atoms with E-state index in [9.17, 15) is 113 Å². The van der Waals surface area contributed by atoms with Gasteiger partial charge >= 0.3 is 5.97 Å². The summed E-state index contributed by atoms with van der Waals surface area (Å²) in [7, 11) is 0. The van der Waals surface area contributed by atoms with Gasteiger partial charge in [-0.25, -0.2) is 4.79 Å². The minimum absolute atomic E-state index is 0.268. The molecule has 26 N–H and O–H groups in total.